The van der Waals surface area contributed by atoms with Crippen molar-refractivity contribution in [3.63, 3.8) is 0 Å². The molecule has 1 atom stereocenters. The van der Waals surface area contributed by atoms with Crippen molar-refractivity contribution >= 4 is 23.2 Å². The molecule has 17 heavy (non-hydrogen) atoms. The van der Waals surface area contributed by atoms with Gasteiger partial charge in [-0.15, -0.1) is 0 Å². The molecule has 90 valence electrons. The third kappa shape index (κ3) is 1.63. The molecule has 5 nitrogen and oxygen atoms in total. The Hall–Kier alpha value is -1.43. The van der Waals surface area contributed by atoms with Gasteiger partial charge in [-0.25, -0.2) is 5.01 Å². The number of hydrogen-bond donors (Lipinski definition) is 2. The second kappa shape index (κ2) is 4.10. The smallest absolute Gasteiger partial charge is 0.275 e. The Morgan fingerprint density at radius 3 is 2.41 bits per heavy atom. The predicted octanol–water partition coefficient (Wildman–Crippen LogP) is 1.36. The van der Waals surface area contributed by atoms with E-state index < -0.39 is 5.54 Å². The van der Waals surface area contributed by atoms with Gasteiger partial charge in [0.1, 0.15) is 0 Å². The molecule has 0 saturated carbocycles. The average molecular weight is 254 g/mol. The van der Waals surface area contributed by atoms with Crippen molar-refractivity contribution in [3.8, 4) is 0 Å². The number of halogens is 1. The zero-order chi connectivity index (χ0) is 12.6. The van der Waals surface area contributed by atoms with Crippen LogP contribution in [0, 0.1) is 0 Å². The van der Waals surface area contributed by atoms with Gasteiger partial charge in [0.25, 0.3) is 5.91 Å². The maximum atomic E-state index is 12.1. The first kappa shape index (κ1) is 12.0. The molecule has 0 radical (unpaired) electrons. The van der Waals surface area contributed by atoms with Gasteiger partial charge in [0.2, 0.25) is 0 Å². The Labute approximate surface area is 104 Å². The number of hydroxylamine groups is 1. The number of nitrogens with one attached hydrogen (secondary N) is 1. The van der Waals surface area contributed by atoms with Gasteiger partial charge in [0.15, 0.2) is 5.54 Å². The van der Waals surface area contributed by atoms with Gasteiger partial charge in [-0.3, -0.25) is 4.79 Å². The molecule has 0 aromatic heterocycles. The summed E-state index contributed by atoms with van der Waals surface area (Å²) < 4.78 is 0. The molecule has 6 heteroatoms. The van der Waals surface area contributed by atoms with Crippen molar-refractivity contribution < 1.29 is 10.0 Å². The zero-order valence-electron chi connectivity index (χ0n) is 9.44. The van der Waals surface area contributed by atoms with Crippen LogP contribution in [0.4, 0.5) is 0 Å². The van der Waals surface area contributed by atoms with Crippen molar-refractivity contribution in [3.05, 3.63) is 34.9 Å². The maximum absolute atomic E-state index is 12.1. The molecule has 2 rings (SSSR count). The summed E-state index contributed by atoms with van der Waals surface area (Å²) in [7, 11) is 1.54. The van der Waals surface area contributed by atoms with Gasteiger partial charge >= 0.3 is 0 Å². The van der Waals surface area contributed by atoms with Gasteiger partial charge in [0.05, 0.1) is 5.71 Å². The summed E-state index contributed by atoms with van der Waals surface area (Å²) in [5.74, 6) is -0.333. The Morgan fingerprint density at radius 2 is 2.00 bits per heavy atom. The highest BCUT2D eigenvalue weighted by molar-refractivity contribution is 6.30. The molecule has 1 amide bonds. The summed E-state index contributed by atoms with van der Waals surface area (Å²) >= 11 is 5.80. The molecule has 1 aliphatic heterocycles. The number of benzene rings is 1. The van der Waals surface area contributed by atoms with E-state index in [0.717, 1.165) is 0 Å². The molecule has 0 bridgehead atoms. The van der Waals surface area contributed by atoms with Gasteiger partial charge < -0.3 is 5.21 Å². The Kier molecular flexibility index (Phi) is 2.91. The molecule has 1 aromatic carbocycles. The fraction of sp³-hybridized carbons (Fsp3) is 0.273. The van der Waals surface area contributed by atoms with Crippen LogP contribution in [0.1, 0.15) is 12.5 Å². The van der Waals surface area contributed by atoms with Crippen LogP contribution in [0.15, 0.2) is 29.4 Å². The minimum absolute atomic E-state index is 0.333. The van der Waals surface area contributed by atoms with Crippen LogP contribution in [-0.2, 0) is 10.3 Å². The van der Waals surface area contributed by atoms with Crippen LogP contribution in [0.5, 0.6) is 0 Å². The number of carbonyl (C=O) groups excluding carboxylic acids is 1. The van der Waals surface area contributed by atoms with E-state index in [4.69, 9.17) is 11.6 Å². The fourth-order valence-electron chi connectivity index (χ4n) is 1.97. The fourth-order valence-corrected chi connectivity index (χ4v) is 2.09. The lowest BCUT2D eigenvalue weighted by atomic mass is 9.86. The molecule has 1 heterocycles. The standard InChI is InChI=1S/C11H12ClN3O2/c1-7-11(14-17,10(16)15(2)13-7)8-3-5-9(12)6-4-8/h3-6,14,17H,1-2H3. The highest BCUT2D eigenvalue weighted by Gasteiger charge is 2.49. The Morgan fingerprint density at radius 1 is 1.41 bits per heavy atom. The van der Waals surface area contributed by atoms with E-state index in [-0.39, 0.29) is 5.91 Å². The van der Waals surface area contributed by atoms with Crippen LogP contribution < -0.4 is 5.48 Å². The van der Waals surface area contributed by atoms with Crippen molar-refractivity contribution in [2.45, 2.75) is 12.5 Å². The van der Waals surface area contributed by atoms with Crippen LogP contribution in [0.3, 0.4) is 0 Å². The SMILES string of the molecule is CC1=NN(C)C(=O)C1(NO)c1ccc(Cl)cc1. The average Bonchev–Trinajstić information content (AvgIpc) is 2.53. The molecule has 1 aliphatic rings. The van der Waals surface area contributed by atoms with Crippen molar-refractivity contribution in [2.75, 3.05) is 7.05 Å². The largest absolute Gasteiger partial charge is 0.315 e. The minimum atomic E-state index is -1.31. The highest BCUT2D eigenvalue weighted by Crippen LogP contribution is 2.30. The lowest BCUT2D eigenvalue weighted by molar-refractivity contribution is -0.136. The number of rotatable bonds is 2. The van der Waals surface area contributed by atoms with Crippen LogP contribution in [-0.4, -0.2) is 28.9 Å². The summed E-state index contributed by atoms with van der Waals surface area (Å²) in [6.45, 7) is 1.68. The number of hydrazone groups is 1. The molecule has 1 aromatic rings. The molecule has 0 aliphatic carbocycles. The Balaban J connectivity index is 2.56. The number of amides is 1. The van der Waals surface area contributed by atoms with Gasteiger partial charge in [-0.1, -0.05) is 23.7 Å². The molecule has 0 fully saturated rings. The first-order chi connectivity index (χ1) is 8.02. The second-order valence-electron chi connectivity index (χ2n) is 3.88. The van der Waals surface area contributed by atoms with Gasteiger partial charge in [-0.2, -0.15) is 10.6 Å². The van der Waals surface area contributed by atoms with Crippen LogP contribution in [0.2, 0.25) is 5.02 Å². The molecular formula is C11H12ClN3O2. The van der Waals surface area contributed by atoms with Gasteiger partial charge in [-0.05, 0) is 24.6 Å². The molecule has 1 unspecified atom stereocenters. The number of carbonyl (C=O) groups is 1. The monoisotopic (exact) mass is 253 g/mol. The van der Waals surface area contributed by atoms with E-state index in [2.05, 4.69) is 10.6 Å². The summed E-state index contributed by atoms with van der Waals surface area (Å²) in [5, 5.41) is 15.2. The third-order valence-corrected chi connectivity index (χ3v) is 3.15. The quantitative estimate of drug-likeness (QED) is 0.783. The normalized spacial score (nSPS) is 24.1. The number of hydrogen-bond acceptors (Lipinski definition) is 4. The first-order valence-corrected chi connectivity index (χ1v) is 5.41. The third-order valence-electron chi connectivity index (χ3n) is 2.90. The highest BCUT2D eigenvalue weighted by atomic mass is 35.5. The Bertz CT molecular complexity index is 486. The van der Waals surface area contributed by atoms with E-state index >= 15 is 0 Å². The maximum Gasteiger partial charge on any atom is 0.275 e. The lowest BCUT2D eigenvalue weighted by Crippen LogP contribution is -2.52. The number of likely N-dealkylation sites (N-methyl/N-ethyl adjacent to an activating group) is 1. The topological polar surface area (TPSA) is 64.9 Å². The lowest BCUT2D eigenvalue weighted by Gasteiger charge is -2.26. The van der Waals surface area contributed by atoms with Crippen LogP contribution in [0.25, 0.3) is 0 Å². The minimum Gasteiger partial charge on any atom is -0.315 e. The number of nitrogens with zero attached hydrogens (tertiary/aromatic N) is 2. The molecular weight excluding hydrogens is 242 g/mol. The summed E-state index contributed by atoms with van der Waals surface area (Å²) in [4.78, 5) is 12.1. The second-order valence-corrected chi connectivity index (χ2v) is 4.32. The summed E-state index contributed by atoms with van der Waals surface area (Å²) in [6.07, 6.45) is 0. The van der Waals surface area contributed by atoms with E-state index in [1.807, 2.05) is 0 Å². The molecule has 0 spiro atoms. The van der Waals surface area contributed by atoms with Gasteiger partial charge in [0, 0.05) is 12.1 Å². The molecule has 0 saturated heterocycles. The van der Waals surface area contributed by atoms with Crippen LogP contribution >= 0.6 is 11.6 Å². The zero-order valence-corrected chi connectivity index (χ0v) is 10.2. The summed E-state index contributed by atoms with van der Waals surface area (Å²) in [6, 6.07) is 6.69. The van der Waals surface area contributed by atoms with Crippen molar-refractivity contribution in [2.24, 2.45) is 5.10 Å². The van der Waals surface area contributed by atoms with Crippen molar-refractivity contribution in [1.29, 1.82) is 0 Å². The van der Waals surface area contributed by atoms with E-state index in [9.17, 15) is 10.0 Å². The van der Waals surface area contributed by atoms with E-state index in [1.165, 1.54) is 5.01 Å². The first-order valence-electron chi connectivity index (χ1n) is 5.03. The molecule has 2 N–H and O–H groups in total. The summed E-state index contributed by atoms with van der Waals surface area (Å²) in [5.41, 5.74) is 1.85. The predicted molar refractivity (Wildman–Crippen MR) is 63.9 cm³/mol. The van der Waals surface area contributed by atoms with E-state index in [1.54, 1.807) is 38.2 Å². The van der Waals surface area contributed by atoms with Crippen molar-refractivity contribution in [1.82, 2.24) is 10.5 Å². The van der Waals surface area contributed by atoms with E-state index in [0.29, 0.717) is 16.3 Å².